The van der Waals surface area contributed by atoms with E-state index in [9.17, 15) is 18.7 Å². The van der Waals surface area contributed by atoms with Crippen molar-refractivity contribution >= 4 is 33.4 Å². The molecule has 0 aliphatic carbocycles. The number of phenols is 1. The highest BCUT2D eigenvalue weighted by Gasteiger charge is 2.47. The van der Waals surface area contributed by atoms with Crippen LogP contribution in [0.3, 0.4) is 0 Å². The van der Waals surface area contributed by atoms with Gasteiger partial charge >= 0.3 is 6.01 Å². The van der Waals surface area contributed by atoms with Gasteiger partial charge in [0.1, 0.15) is 41.4 Å². The van der Waals surface area contributed by atoms with Crippen molar-refractivity contribution < 1.29 is 32.5 Å². The van der Waals surface area contributed by atoms with Gasteiger partial charge in [-0.2, -0.15) is 9.97 Å². The second-order valence-corrected chi connectivity index (χ2v) is 14.0. The Kier molecular flexibility index (Phi) is 7.97. The second-order valence-electron chi connectivity index (χ2n) is 14.0. The van der Waals surface area contributed by atoms with Crippen molar-refractivity contribution in [2.24, 2.45) is 0 Å². The average molecular weight is 688 g/mol. The maximum atomic E-state index is 17.0. The first-order chi connectivity index (χ1) is 24.1. The number of phenolic OH excluding ortho intramolecular Hbond substituents is 1. The molecule has 5 bridgehead atoms. The van der Waals surface area contributed by atoms with Gasteiger partial charge in [-0.15, -0.1) is 6.42 Å². The second kappa shape index (κ2) is 12.3. The van der Waals surface area contributed by atoms with Crippen LogP contribution in [-0.2, 0) is 9.53 Å². The van der Waals surface area contributed by atoms with Gasteiger partial charge in [0.05, 0.1) is 35.2 Å². The largest absolute Gasteiger partial charge is 0.508 e. The molecule has 2 aromatic carbocycles. The van der Waals surface area contributed by atoms with Gasteiger partial charge in [-0.25, -0.2) is 13.2 Å². The molecular weight excluding hydrogens is 651 g/mol. The first-order valence-electron chi connectivity index (χ1n) is 16.7. The number of likely N-dealkylation sites (tertiary alicyclic amines) is 1. The number of likely N-dealkylation sites (N-methyl/N-ethyl adjacent to an activating group) is 1. The van der Waals surface area contributed by atoms with E-state index in [1.807, 2.05) is 4.90 Å². The molecule has 260 valence electrons. The Hall–Kier alpha value is -4.71. The standard InChI is InChI=1S/C36H36F3N7O4/c1-3-24-27(38)5-4-20-10-23(47)11-25(29(20)24)31-30(39)32-26(13-40-31)33-43-34(42-32)50-19-36(12-21(37)14-45(36)2)16-41-28(48)7-9-49-18-35-8-6-22(44-35)15-46(33)17-35/h1,4-5,10-11,13,21-22,44,47H,6-9,12,14-19H2,2H3,(H,41,48)/t21-,22+,35-,36-/m1/s1. The number of piperazine rings is 1. The molecule has 2 aromatic heterocycles. The maximum absolute atomic E-state index is 17.0. The Morgan fingerprint density at radius 1 is 1.18 bits per heavy atom. The highest BCUT2D eigenvalue weighted by molar-refractivity contribution is 6.03. The van der Waals surface area contributed by atoms with Crippen LogP contribution in [0.2, 0.25) is 0 Å². The van der Waals surface area contributed by atoms with Crippen molar-refractivity contribution in [2.75, 3.05) is 57.9 Å². The highest BCUT2D eigenvalue weighted by Crippen LogP contribution is 2.41. The van der Waals surface area contributed by atoms with E-state index < -0.39 is 28.9 Å². The molecule has 14 heteroatoms. The summed E-state index contributed by atoms with van der Waals surface area (Å²) in [6.07, 6.45) is 8.01. The molecule has 0 unspecified atom stereocenters. The first-order valence-corrected chi connectivity index (χ1v) is 16.7. The van der Waals surface area contributed by atoms with E-state index in [2.05, 4.69) is 31.4 Å². The summed E-state index contributed by atoms with van der Waals surface area (Å²) in [6, 6.07) is 5.33. The number of hydrogen-bond acceptors (Lipinski definition) is 10. The van der Waals surface area contributed by atoms with Crippen LogP contribution in [0.25, 0.3) is 32.9 Å². The predicted molar refractivity (Wildman–Crippen MR) is 180 cm³/mol. The number of nitrogens with zero attached hydrogens (tertiary/aromatic N) is 5. The third-order valence-electron chi connectivity index (χ3n) is 10.6. The van der Waals surface area contributed by atoms with Crippen molar-refractivity contribution in [1.82, 2.24) is 30.5 Å². The predicted octanol–water partition coefficient (Wildman–Crippen LogP) is 3.45. The molecule has 1 amide bonds. The van der Waals surface area contributed by atoms with Crippen LogP contribution in [0.1, 0.15) is 31.2 Å². The number of amides is 1. The Morgan fingerprint density at radius 3 is 2.84 bits per heavy atom. The molecule has 3 saturated heterocycles. The molecule has 50 heavy (non-hydrogen) atoms. The zero-order valence-electron chi connectivity index (χ0n) is 27.4. The van der Waals surface area contributed by atoms with Crippen LogP contribution in [-0.4, -0.2) is 107 Å². The number of rotatable bonds is 1. The van der Waals surface area contributed by atoms with Gasteiger partial charge in [0.15, 0.2) is 5.82 Å². The molecule has 4 atom stereocenters. The molecule has 3 fully saturated rings. The number of hydrogen-bond donors (Lipinski definition) is 3. The van der Waals surface area contributed by atoms with Gasteiger partial charge in [0.25, 0.3) is 0 Å². The first kappa shape index (κ1) is 32.5. The number of anilines is 1. The van der Waals surface area contributed by atoms with E-state index in [-0.39, 0.29) is 90.6 Å². The number of fused-ring (bicyclic) bond motifs is 8. The molecule has 3 N–H and O–H groups in total. The van der Waals surface area contributed by atoms with Crippen LogP contribution < -0.4 is 20.3 Å². The number of aromatic nitrogens is 3. The SMILES string of the molecule is C#Cc1c(F)ccc2cc(O)cc(-c3ncc4c5nc(nc4c3F)OC[C@]3(CNC(=O)CCOC[C@@]46CC[C@@H](CN5C4)N6)C[C@@H](F)CN3C)c12. The number of pyridine rings is 1. The van der Waals surface area contributed by atoms with E-state index in [1.54, 1.807) is 7.05 Å². The minimum Gasteiger partial charge on any atom is -0.508 e. The number of carbonyl (C=O) groups is 1. The van der Waals surface area contributed by atoms with Crippen molar-refractivity contribution in [3.05, 3.63) is 47.7 Å². The number of alkyl halides is 1. The lowest BCUT2D eigenvalue weighted by atomic mass is 9.95. The molecule has 0 saturated carbocycles. The molecule has 2 spiro atoms. The fourth-order valence-electron chi connectivity index (χ4n) is 8.11. The van der Waals surface area contributed by atoms with Crippen LogP contribution in [0.5, 0.6) is 11.8 Å². The number of carbonyl (C=O) groups excluding carboxylic acids is 1. The highest BCUT2D eigenvalue weighted by atomic mass is 19.1. The Labute approximate surface area is 286 Å². The van der Waals surface area contributed by atoms with Gasteiger partial charge in [-0.05, 0) is 43.5 Å². The van der Waals surface area contributed by atoms with E-state index in [4.69, 9.17) is 20.9 Å². The van der Waals surface area contributed by atoms with Crippen molar-refractivity contribution in [3.63, 3.8) is 0 Å². The minimum absolute atomic E-state index is 0.0820. The molecule has 6 heterocycles. The van der Waals surface area contributed by atoms with Gasteiger partial charge in [0.2, 0.25) is 5.91 Å². The third-order valence-corrected chi connectivity index (χ3v) is 10.6. The smallest absolute Gasteiger partial charge is 0.319 e. The Balaban J connectivity index is 1.30. The topological polar surface area (TPSA) is 125 Å². The van der Waals surface area contributed by atoms with Gasteiger partial charge in [-0.3, -0.25) is 14.7 Å². The molecule has 11 nitrogen and oxygen atoms in total. The Bertz CT molecular complexity index is 2080. The zero-order valence-corrected chi connectivity index (χ0v) is 27.4. The summed E-state index contributed by atoms with van der Waals surface area (Å²) in [5, 5.41) is 18.2. The number of terminal acetylenes is 1. The summed E-state index contributed by atoms with van der Waals surface area (Å²) in [4.78, 5) is 30.5. The van der Waals surface area contributed by atoms with E-state index >= 15 is 4.39 Å². The minimum atomic E-state index is -1.14. The lowest BCUT2D eigenvalue weighted by Crippen LogP contribution is -2.62. The molecular formula is C36H36F3N7O4. The lowest BCUT2D eigenvalue weighted by molar-refractivity contribution is -0.123. The number of ether oxygens (including phenoxy) is 2. The summed E-state index contributed by atoms with van der Waals surface area (Å²) in [6.45, 7) is 1.80. The van der Waals surface area contributed by atoms with E-state index in [0.29, 0.717) is 36.3 Å². The lowest BCUT2D eigenvalue weighted by Gasteiger charge is -2.42. The summed E-state index contributed by atoms with van der Waals surface area (Å²) >= 11 is 0. The third kappa shape index (κ3) is 5.53. The molecule has 8 rings (SSSR count). The van der Waals surface area contributed by atoms with Crippen LogP contribution in [0.15, 0.2) is 30.5 Å². The van der Waals surface area contributed by atoms with Crippen LogP contribution in [0, 0.1) is 24.0 Å². The van der Waals surface area contributed by atoms with Crippen molar-refractivity contribution in [3.8, 4) is 35.4 Å². The summed E-state index contributed by atoms with van der Waals surface area (Å²) in [5.41, 5.74) is -1.64. The van der Waals surface area contributed by atoms with E-state index in [1.165, 1.54) is 30.5 Å². The van der Waals surface area contributed by atoms with Gasteiger partial charge in [-0.1, -0.05) is 12.0 Å². The van der Waals surface area contributed by atoms with Crippen LogP contribution in [0.4, 0.5) is 19.0 Å². The van der Waals surface area contributed by atoms with Gasteiger partial charge < -0.3 is 30.1 Å². The number of aromatic hydroxyl groups is 1. The molecule has 0 radical (unpaired) electrons. The number of benzene rings is 2. The number of halogens is 3. The van der Waals surface area contributed by atoms with Crippen molar-refractivity contribution in [2.45, 2.75) is 49.0 Å². The Morgan fingerprint density at radius 2 is 2.04 bits per heavy atom. The average Bonchev–Trinajstić information content (AvgIpc) is 3.56. The van der Waals surface area contributed by atoms with Gasteiger partial charge in [0, 0.05) is 62.2 Å². The molecule has 4 aliphatic heterocycles. The quantitative estimate of drug-likeness (QED) is 0.257. The van der Waals surface area contributed by atoms with E-state index in [0.717, 1.165) is 12.8 Å². The molecule has 4 aromatic rings. The van der Waals surface area contributed by atoms with Crippen LogP contribution >= 0.6 is 0 Å². The maximum Gasteiger partial charge on any atom is 0.319 e. The molecule has 4 aliphatic rings. The van der Waals surface area contributed by atoms with Crippen molar-refractivity contribution in [1.29, 1.82) is 0 Å². The fraction of sp³-hybridized carbons (Fsp3) is 0.444. The monoisotopic (exact) mass is 687 g/mol. The summed E-state index contributed by atoms with van der Waals surface area (Å²) in [5.74, 6) is 0.855. The normalized spacial score (nSPS) is 27.4. The summed E-state index contributed by atoms with van der Waals surface area (Å²) in [7, 11) is 1.77. The fourth-order valence-corrected chi connectivity index (χ4v) is 8.11. The summed E-state index contributed by atoms with van der Waals surface area (Å²) < 4.78 is 59.0. The number of nitrogens with one attached hydrogen (secondary N) is 2. The zero-order chi connectivity index (χ0) is 34.8.